The van der Waals surface area contributed by atoms with Crippen LogP contribution in [0.25, 0.3) is 11.3 Å². The number of hydrogen-bond donors (Lipinski definition) is 1. The molecule has 86 valence electrons. The van der Waals surface area contributed by atoms with Gasteiger partial charge in [-0.25, -0.2) is 9.98 Å². The van der Waals surface area contributed by atoms with E-state index in [2.05, 4.69) is 30.9 Å². The van der Waals surface area contributed by atoms with Gasteiger partial charge in [-0.05, 0) is 30.7 Å². The zero-order chi connectivity index (χ0) is 12.1. The van der Waals surface area contributed by atoms with Crippen molar-refractivity contribution in [2.24, 2.45) is 4.99 Å². The molecule has 1 aromatic heterocycles. The number of allylic oxidation sites excluding steroid dienone is 2. The maximum Gasteiger partial charge on any atom is 0.227 e. The third kappa shape index (κ3) is 3.14. The van der Waals surface area contributed by atoms with Crippen LogP contribution in [0.3, 0.4) is 0 Å². The number of rotatable bonds is 3. The zero-order valence-electron chi connectivity index (χ0n) is 9.39. The lowest BCUT2D eigenvalue weighted by atomic mass is 10.2. The number of hydrogen-bond acceptors (Lipinski definition) is 2. The van der Waals surface area contributed by atoms with Crippen LogP contribution >= 0.6 is 15.9 Å². The van der Waals surface area contributed by atoms with Crippen LogP contribution in [0.5, 0.6) is 0 Å². The minimum Gasteiger partial charge on any atom is -0.322 e. The second-order valence-corrected chi connectivity index (χ2v) is 4.35. The Labute approximate surface area is 108 Å². The van der Waals surface area contributed by atoms with Crippen molar-refractivity contribution >= 4 is 28.1 Å². The number of halogens is 1. The van der Waals surface area contributed by atoms with Crippen LogP contribution in [0.2, 0.25) is 0 Å². The number of aromatic amines is 1. The van der Waals surface area contributed by atoms with E-state index >= 15 is 0 Å². The number of aromatic nitrogens is 2. The van der Waals surface area contributed by atoms with E-state index in [1.165, 1.54) is 0 Å². The van der Waals surface area contributed by atoms with E-state index in [0.29, 0.717) is 5.95 Å². The third-order valence-electron chi connectivity index (χ3n) is 2.19. The van der Waals surface area contributed by atoms with Crippen molar-refractivity contribution in [3.8, 4) is 11.3 Å². The summed E-state index contributed by atoms with van der Waals surface area (Å²) >= 11 is 3.41. The Morgan fingerprint density at radius 2 is 2.06 bits per heavy atom. The molecule has 0 radical (unpaired) electrons. The topological polar surface area (TPSA) is 41.0 Å². The second-order valence-electron chi connectivity index (χ2n) is 3.43. The summed E-state index contributed by atoms with van der Waals surface area (Å²) in [5, 5.41) is 0. The molecule has 1 aromatic carbocycles. The highest BCUT2D eigenvalue weighted by Crippen LogP contribution is 2.21. The SMILES string of the molecule is C/C=C\C=Nc1ncc(-c2ccc(Br)cc2)[nH]1. The minimum absolute atomic E-state index is 0.612. The van der Waals surface area contributed by atoms with Crippen molar-refractivity contribution in [2.45, 2.75) is 6.92 Å². The highest BCUT2D eigenvalue weighted by atomic mass is 79.9. The predicted molar refractivity (Wildman–Crippen MR) is 74.7 cm³/mol. The van der Waals surface area contributed by atoms with E-state index in [9.17, 15) is 0 Å². The van der Waals surface area contributed by atoms with Crippen LogP contribution in [-0.4, -0.2) is 16.2 Å². The van der Waals surface area contributed by atoms with E-state index in [-0.39, 0.29) is 0 Å². The van der Waals surface area contributed by atoms with Gasteiger partial charge in [0.1, 0.15) is 0 Å². The molecule has 3 nitrogen and oxygen atoms in total. The van der Waals surface area contributed by atoms with Crippen molar-refractivity contribution in [2.75, 3.05) is 0 Å². The molecule has 1 N–H and O–H groups in total. The van der Waals surface area contributed by atoms with E-state index in [0.717, 1.165) is 15.7 Å². The van der Waals surface area contributed by atoms with Gasteiger partial charge in [-0.3, -0.25) is 0 Å². The van der Waals surface area contributed by atoms with Crippen LogP contribution in [0, 0.1) is 0 Å². The first-order valence-corrected chi connectivity index (χ1v) is 6.05. The lowest BCUT2D eigenvalue weighted by Gasteiger charge is -1.96. The average molecular weight is 290 g/mol. The molecule has 2 rings (SSSR count). The molecule has 17 heavy (non-hydrogen) atoms. The molecule has 0 aliphatic carbocycles. The Morgan fingerprint density at radius 1 is 1.29 bits per heavy atom. The molecule has 0 amide bonds. The van der Waals surface area contributed by atoms with Gasteiger partial charge in [-0.2, -0.15) is 0 Å². The number of imidazole rings is 1. The molecule has 0 unspecified atom stereocenters. The van der Waals surface area contributed by atoms with Crippen molar-refractivity contribution < 1.29 is 0 Å². The molecule has 0 atom stereocenters. The summed E-state index contributed by atoms with van der Waals surface area (Å²) in [5.41, 5.74) is 2.05. The first-order valence-electron chi connectivity index (χ1n) is 5.26. The van der Waals surface area contributed by atoms with E-state index in [1.54, 1.807) is 12.4 Å². The van der Waals surface area contributed by atoms with Crippen LogP contribution in [0.15, 0.2) is 52.1 Å². The Morgan fingerprint density at radius 3 is 2.76 bits per heavy atom. The third-order valence-corrected chi connectivity index (χ3v) is 2.72. The zero-order valence-corrected chi connectivity index (χ0v) is 11.0. The van der Waals surface area contributed by atoms with E-state index < -0.39 is 0 Å². The fourth-order valence-electron chi connectivity index (χ4n) is 1.35. The summed E-state index contributed by atoms with van der Waals surface area (Å²) in [6, 6.07) is 8.05. The van der Waals surface area contributed by atoms with Crippen LogP contribution in [0.1, 0.15) is 6.92 Å². The molecule has 0 bridgehead atoms. The Bertz CT molecular complexity index is 538. The summed E-state index contributed by atoms with van der Waals surface area (Å²) in [6.07, 6.45) is 7.28. The summed E-state index contributed by atoms with van der Waals surface area (Å²) in [7, 11) is 0. The molecule has 1 heterocycles. The van der Waals surface area contributed by atoms with Crippen LogP contribution in [-0.2, 0) is 0 Å². The monoisotopic (exact) mass is 289 g/mol. The quantitative estimate of drug-likeness (QED) is 0.849. The van der Waals surface area contributed by atoms with Gasteiger partial charge in [-0.15, -0.1) is 0 Å². The lowest BCUT2D eigenvalue weighted by Crippen LogP contribution is -1.76. The maximum absolute atomic E-state index is 4.19. The number of benzene rings is 1. The van der Waals surface area contributed by atoms with Crippen LogP contribution < -0.4 is 0 Å². The van der Waals surface area contributed by atoms with Gasteiger partial charge in [0.15, 0.2) is 0 Å². The van der Waals surface area contributed by atoms with Gasteiger partial charge in [0.05, 0.1) is 11.9 Å². The van der Waals surface area contributed by atoms with Crippen molar-refractivity contribution in [3.63, 3.8) is 0 Å². The molecule has 0 spiro atoms. The van der Waals surface area contributed by atoms with Crippen LogP contribution in [0.4, 0.5) is 5.95 Å². The predicted octanol–water partition coefficient (Wildman–Crippen LogP) is 4.12. The fourth-order valence-corrected chi connectivity index (χ4v) is 1.62. The van der Waals surface area contributed by atoms with Gasteiger partial charge in [0.25, 0.3) is 0 Å². The largest absolute Gasteiger partial charge is 0.322 e. The molecular formula is C13H12BrN3. The van der Waals surface area contributed by atoms with Gasteiger partial charge >= 0.3 is 0 Å². The molecular weight excluding hydrogens is 278 g/mol. The second kappa shape index (κ2) is 5.59. The first kappa shape index (κ1) is 11.8. The molecule has 4 heteroatoms. The normalized spacial score (nSPS) is 11.6. The molecule has 0 fully saturated rings. The smallest absolute Gasteiger partial charge is 0.227 e. The fraction of sp³-hybridized carbons (Fsp3) is 0.0769. The van der Waals surface area contributed by atoms with E-state index in [4.69, 9.17) is 0 Å². The number of nitrogens with one attached hydrogen (secondary N) is 1. The molecule has 0 aliphatic heterocycles. The van der Waals surface area contributed by atoms with Gasteiger partial charge in [-0.1, -0.05) is 34.1 Å². The highest BCUT2D eigenvalue weighted by molar-refractivity contribution is 9.10. The maximum atomic E-state index is 4.19. The van der Waals surface area contributed by atoms with Crippen molar-refractivity contribution in [3.05, 3.63) is 47.1 Å². The van der Waals surface area contributed by atoms with Crippen molar-refractivity contribution in [1.82, 2.24) is 9.97 Å². The first-order chi connectivity index (χ1) is 8.29. The summed E-state index contributed by atoms with van der Waals surface area (Å²) < 4.78 is 1.06. The number of H-pyrrole nitrogens is 1. The molecule has 2 aromatic rings. The average Bonchev–Trinajstić information content (AvgIpc) is 2.79. The van der Waals surface area contributed by atoms with E-state index in [1.807, 2.05) is 43.3 Å². The minimum atomic E-state index is 0.612. The molecule has 0 saturated heterocycles. The van der Waals surface area contributed by atoms with Crippen molar-refractivity contribution in [1.29, 1.82) is 0 Å². The number of aliphatic imine (C=N–C) groups is 1. The summed E-state index contributed by atoms with van der Waals surface area (Å²) in [4.78, 5) is 11.5. The lowest BCUT2D eigenvalue weighted by molar-refractivity contribution is 1.25. The van der Waals surface area contributed by atoms with Gasteiger partial charge in [0.2, 0.25) is 5.95 Å². The Balaban J connectivity index is 2.20. The molecule has 0 saturated carbocycles. The van der Waals surface area contributed by atoms with Gasteiger partial charge < -0.3 is 4.98 Å². The summed E-state index contributed by atoms with van der Waals surface area (Å²) in [6.45, 7) is 1.95. The standard InChI is InChI=1S/C13H12BrN3/c1-2-3-8-15-13-16-9-12(17-13)10-4-6-11(14)7-5-10/h2-9H,1H3,(H,16,17)/b3-2-,15-8?. The summed E-state index contributed by atoms with van der Waals surface area (Å²) in [5.74, 6) is 0.612. The Hall–Kier alpha value is -1.68. The molecule has 0 aliphatic rings. The number of nitrogens with zero attached hydrogens (tertiary/aromatic N) is 2. The Kier molecular flexibility index (Phi) is 3.88. The van der Waals surface area contributed by atoms with Gasteiger partial charge in [0, 0.05) is 10.7 Å². The highest BCUT2D eigenvalue weighted by Gasteiger charge is 2.01.